The minimum Gasteiger partial charge on any atom is -1.00 e. The molecule has 104 valence electrons. The van der Waals surface area contributed by atoms with Crippen molar-refractivity contribution >= 4 is 0 Å². The normalized spacial score (nSPS) is 7.68. The SMILES string of the molecule is Cc1ccc(O)cc1.Cc1ccc(O)cc1.[Cl-].[Cl-].[Ti]. The van der Waals surface area contributed by atoms with E-state index in [0.29, 0.717) is 11.5 Å². The van der Waals surface area contributed by atoms with Gasteiger partial charge in [0, 0.05) is 21.7 Å². The maximum absolute atomic E-state index is 8.76. The van der Waals surface area contributed by atoms with E-state index in [0.717, 1.165) is 0 Å². The van der Waals surface area contributed by atoms with Crippen molar-refractivity contribution in [2.24, 2.45) is 0 Å². The topological polar surface area (TPSA) is 40.5 Å². The van der Waals surface area contributed by atoms with Crippen molar-refractivity contribution in [2.75, 3.05) is 0 Å². The molecule has 5 heteroatoms. The van der Waals surface area contributed by atoms with E-state index in [1.54, 1.807) is 24.3 Å². The summed E-state index contributed by atoms with van der Waals surface area (Å²) in [4.78, 5) is 0. The molecule has 2 nitrogen and oxygen atoms in total. The van der Waals surface area contributed by atoms with Crippen LogP contribution in [0.1, 0.15) is 11.1 Å². The van der Waals surface area contributed by atoms with Crippen molar-refractivity contribution in [3.8, 4) is 11.5 Å². The Balaban J connectivity index is -0.000000233. The van der Waals surface area contributed by atoms with Gasteiger partial charge < -0.3 is 35.0 Å². The van der Waals surface area contributed by atoms with Gasteiger partial charge in [0.2, 0.25) is 0 Å². The number of aromatic hydroxyl groups is 2. The van der Waals surface area contributed by atoms with E-state index in [2.05, 4.69) is 0 Å². The molecule has 0 aliphatic rings. The maximum Gasteiger partial charge on any atom is 0.115 e. The van der Waals surface area contributed by atoms with Gasteiger partial charge in [-0.05, 0) is 38.1 Å². The number of halogens is 2. The van der Waals surface area contributed by atoms with Crippen LogP contribution in [0.25, 0.3) is 0 Å². The van der Waals surface area contributed by atoms with Crippen LogP contribution in [0.5, 0.6) is 11.5 Å². The average Bonchev–Trinajstić information content (AvgIpc) is 2.28. The van der Waals surface area contributed by atoms with Gasteiger partial charge in [-0.15, -0.1) is 0 Å². The van der Waals surface area contributed by atoms with Crippen LogP contribution >= 0.6 is 0 Å². The molecule has 0 radical (unpaired) electrons. The second kappa shape index (κ2) is 12.4. The van der Waals surface area contributed by atoms with E-state index >= 15 is 0 Å². The van der Waals surface area contributed by atoms with Gasteiger partial charge >= 0.3 is 0 Å². The molecule has 2 aromatic carbocycles. The molecule has 0 amide bonds. The summed E-state index contributed by atoms with van der Waals surface area (Å²) < 4.78 is 0. The zero-order valence-electron chi connectivity index (χ0n) is 10.8. The van der Waals surface area contributed by atoms with Gasteiger partial charge in [-0.2, -0.15) is 0 Å². The van der Waals surface area contributed by atoms with Crippen LogP contribution in [0.15, 0.2) is 48.5 Å². The third kappa shape index (κ3) is 10.9. The molecular formula is C14H16Cl2O2Ti-2. The van der Waals surface area contributed by atoms with Crippen LogP contribution < -0.4 is 24.8 Å². The number of hydrogen-bond donors (Lipinski definition) is 2. The molecule has 0 aliphatic heterocycles. The zero-order valence-corrected chi connectivity index (χ0v) is 13.8. The summed E-state index contributed by atoms with van der Waals surface area (Å²) in [6.07, 6.45) is 0. The molecule has 0 saturated heterocycles. The third-order valence-corrected chi connectivity index (χ3v) is 2.07. The molecule has 2 rings (SSSR count). The summed E-state index contributed by atoms with van der Waals surface area (Å²) in [6.45, 7) is 3.97. The van der Waals surface area contributed by atoms with E-state index in [1.165, 1.54) is 11.1 Å². The monoisotopic (exact) mass is 334 g/mol. The van der Waals surface area contributed by atoms with Crippen molar-refractivity contribution in [1.82, 2.24) is 0 Å². The predicted molar refractivity (Wildman–Crippen MR) is 65.7 cm³/mol. The number of phenols is 2. The molecule has 0 aromatic heterocycles. The van der Waals surface area contributed by atoms with E-state index in [4.69, 9.17) is 10.2 Å². The number of benzene rings is 2. The fourth-order valence-electron chi connectivity index (χ4n) is 1.09. The van der Waals surface area contributed by atoms with Crippen LogP contribution in [0.4, 0.5) is 0 Å². The molecule has 0 fully saturated rings. The Bertz CT molecular complexity index is 345. The van der Waals surface area contributed by atoms with Gasteiger partial charge in [0.15, 0.2) is 0 Å². The van der Waals surface area contributed by atoms with Crippen LogP contribution in [0, 0.1) is 13.8 Å². The Hall–Kier alpha value is -0.666. The number of rotatable bonds is 0. The summed E-state index contributed by atoms with van der Waals surface area (Å²) in [5.74, 6) is 0.659. The molecule has 2 N–H and O–H groups in total. The van der Waals surface area contributed by atoms with Crippen molar-refractivity contribution in [1.29, 1.82) is 0 Å². The molecule has 0 saturated carbocycles. The maximum atomic E-state index is 8.76. The van der Waals surface area contributed by atoms with E-state index in [9.17, 15) is 0 Å². The molecule has 0 atom stereocenters. The number of aryl methyl sites for hydroxylation is 2. The van der Waals surface area contributed by atoms with Crippen molar-refractivity contribution in [2.45, 2.75) is 13.8 Å². The predicted octanol–water partition coefficient (Wildman–Crippen LogP) is -2.59. The Labute approximate surface area is 141 Å². The fourth-order valence-corrected chi connectivity index (χ4v) is 1.09. The number of phenolic OH excluding ortho intramolecular Hbond substituents is 2. The first kappa shape index (κ1) is 23.4. The van der Waals surface area contributed by atoms with Gasteiger partial charge in [0.25, 0.3) is 0 Å². The minimum atomic E-state index is 0. The fraction of sp³-hybridized carbons (Fsp3) is 0.143. The Morgan fingerprint density at radius 1 is 0.579 bits per heavy atom. The Morgan fingerprint density at radius 2 is 0.789 bits per heavy atom. The van der Waals surface area contributed by atoms with Gasteiger partial charge in [0.05, 0.1) is 0 Å². The smallest absolute Gasteiger partial charge is 0.115 e. The second-order valence-electron chi connectivity index (χ2n) is 3.67. The zero-order chi connectivity index (χ0) is 12.0. The third-order valence-electron chi connectivity index (χ3n) is 2.07. The largest absolute Gasteiger partial charge is 1.00 e. The molecule has 0 unspecified atom stereocenters. The Kier molecular flexibility index (Phi) is 15.3. The molecule has 2 aromatic rings. The molecular weight excluding hydrogens is 319 g/mol. The number of hydrogen-bond acceptors (Lipinski definition) is 2. The first-order valence-electron chi connectivity index (χ1n) is 5.09. The van der Waals surface area contributed by atoms with Gasteiger partial charge in [-0.25, -0.2) is 0 Å². The van der Waals surface area contributed by atoms with Crippen LogP contribution in [-0.2, 0) is 21.7 Å². The summed E-state index contributed by atoms with van der Waals surface area (Å²) in [7, 11) is 0. The first-order valence-corrected chi connectivity index (χ1v) is 5.09. The van der Waals surface area contributed by atoms with Gasteiger partial charge in [-0.1, -0.05) is 35.4 Å². The molecule has 0 spiro atoms. The van der Waals surface area contributed by atoms with Crippen molar-refractivity contribution in [3.63, 3.8) is 0 Å². The van der Waals surface area contributed by atoms with E-state index in [-0.39, 0.29) is 46.5 Å². The summed E-state index contributed by atoms with van der Waals surface area (Å²) >= 11 is 0. The minimum absolute atomic E-state index is 0. The Morgan fingerprint density at radius 3 is 0.947 bits per heavy atom. The molecule has 19 heavy (non-hydrogen) atoms. The standard InChI is InChI=1S/2C7H8O.2ClH.Ti/c2*1-6-2-4-7(8)5-3-6;;;/h2*2-5,8H,1H3;2*1H;/p-2. The van der Waals surface area contributed by atoms with Crippen LogP contribution in [-0.4, -0.2) is 10.2 Å². The van der Waals surface area contributed by atoms with Crippen molar-refractivity contribution < 1.29 is 56.7 Å². The quantitative estimate of drug-likeness (QED) is 0.519. The van der Waals surface area contributed by atoms with Gasteiger partial charge in [0.1, 0.15) is 11.5 Å². The van der Waals surface area contributed by atoms with Crippen LogP contribution in [0.2, 0.25) is 0 Å². The van der Waals surface area contributed by atoms with Crippen LogP contribution in [0.3, 0.4) is 0 Å². The summed E-state index contributed by atoms with van der Waals surface area (Å²) in [6, 6.07) is 14.2. The molecule has 0 heterocycles. The second-order valence-corrected chi connectivity index (χ2v) is 3.67. The van der Waals surface area contributed by atoms with E-state index in [1.807, 2.05) is 38.1 Å². The van der Waals surface area contributed by atoms with Gasteiger partial charge in [-0.3, -0.25) is 0 Å². The molecule has 0 aliphatic carbocycles. The average molecular weight is 335 g/mol. The summed E-state index contributed by atoms with van der Waals surface area (Å²) in [5.41, 5.74) is 2.34. The summed E-state index contributed by atoms with van der Waals surface area (Å²) in [5, 5.41) is 17.5. The van der Waals surface area contributed by atoms with Crippen molar-refractivity contribution in [3.05, 3.63) is 59.7 Å². The molecule has 0 bridgehead atoms. The first-order chi connectivity index (χ1) is 7.58. The van der Waals surface area contributed by atoms with E-state index < -0.39 is 0 Å².